The average molecular weight is 332 g/mol. The van der Waals surface area contributed by atoms with E-state index in [0.717, 1.165) is 3.57 Å². The van der Waals surface area contributed by atoms with E-state index in [-0.39, 0.29) is 11.5 Å². The van der Waals surface area contributed by atoms with Crippen LogP contribution < -0.4 is 0 Å². The van der Waals surface area contributed by atoms with Crippen molar-refractivity contribution in [1.82, 2.24) is 10.2 Å². The summed E-state index contributed by atoms with van der Waals surface area (Å²) in [5.41, 5.74) is 0.973. The molecule has 0 unspecified atom stereocenters. The molecular weight excluding hydrogens is 326 g/mol. The first kappa shape index (κ1) is 11.1. The summed E-state index contributed by atoms with van der Waals surface area (Å²) >= 11 is 2.04. The van der Waals surface area contributed by atoms with Gasteiger partial charge in [0.1, 0.15) is 11.5 Å². The molecule has 0 amide bonds. The van der Waals surface area contributed by atoms with Crippen LogP contribution in [0.25, 0.3) is 11.3 Å². The molecule has 0 fully saturated rings. The number of H-pyrrole nitrogens is 1. The van der Waals surface area contributed by atoms with E-state index in [1.807, 2.05) is 22.6 Å². The second-order valence-corrected chi connectivity index (χ2v) is 4.26. The van der Waals surface area contributed by atoms with Gasteiger partial charge in [-0.15, -0.1) is 0 Å². The number of aromatic amines is 1. The molecule has 6 heteroatoms. The van der Waals surface area contributed by atoms with E-state index in [2.05, 4.69) is 10.2 Å². The maximum atomic E-state index is 13.0. The molecule has 0 radical (unpaired) electrons. The van der Waals surface area contributed by atoms with Crippen LogP contribution in [0, 0.1) is 9.39 Å². The van der Waals surface area contributed by atoms with E-state index in [4.69, 9.17) is 5.11 Å². The SMILES string of the molecule is O=C(O)c1cc(-c2cc(F)ccc2I)n[nH]1. The number of carboxylic acid groups (broad SMARTS) is 1. The number of nitrogens with one attached hydrogen (secondary N) is 1. The predicted molar refractivity (Wildman–Crippen MR) is 63.7 cm³/mol. The average Bonchev–Trinajstić information content (AvgIpc) is 2.70. The number of nitrogens with zero attached hydrogens (tertiary/aromatic N) is 1. The third-order valence-corrected chi connectivity index (χ3v) is 2.95. The van der Waals surface area contributed by atoms with E-state index >= 15 is 0 Å². The summed E-state index contributed by atoms with van der Waals surface area (Å²) in [6.45, 7) is 0. The van der Waals surface area contributed by atoms with Crippen LogP contribution in [0.3, 0.4) is 0 Å². The third-order valence-electron chi connectivity index (χ3n) is 2.01. The van der Waals surface area contributed by atoms with Gasteiger partial charge in [0.25, 0.3) is 0 Å². The second-order valence-electron chi connectivity index (χ2n) is 3.10. The summed E-state index contributed by atoms with van der Waals surface area (Å²) in [7, 11) is 0. The Bertz CT molecular complexity index is 554. The lowest BCUT2D eigenvalue weighted by atomic mass is 10.1. The molecule has 4 nitrogen and oxygen atoms in total. The molecule has 2 N–H and O–H groups in total. The molecule has 1 heterocycles. The molecule has 0 saturated carbocycles. The van der Waals surface area contributed by atoms with Crippen molar-refractivity contribution in [2.45, 2.75) is 0 Å². The van der Waals surface area contributed by atoms with Crippen LogP contribution >= 0.6 is 22.6 Å². The van der Waals surface area contributed by atoms with Gasteiger partial charge in [-0.25, -0.2) is 9.18 Å². The Balaban J connectivity index is 2.50. The van der Waals surface area contributed by atoms with E-state index in [0.29, 0.717) is 11.3 Å². The van der Waals surface area contributed by atoms with Gasteiger partial charge >= 0.3 is 5.97 Å². The van der Waals surface area contributed by atoms with Gasteiger partial charge in [0.15, 0.2) is 0 Å². The lowest BCUT2D eigenvalue weighted by Gasteiger charge is -1.99. The van der Waals surface area contributed by atoms with Crippen molar-refractivity contribution in [2.24, 2.45) is 0 Å². The molecule has 0 aliphatic rings. The Labute approximate surface area is 104 Å². The standard InChI is InChI=1S/C10H6FIN2O2/c11-5-1-2-7(12)6(3-5)8-4-9(10(15)16)14-13-8/h1-4H,(H,13,14)(H,15,16). The molecule has 0 aliphatic heterocycles. The number of carbonyl (C=O) groups is 1. The lowest BCUT2D eigenvalue weighted by molar-refractivity contribution is 0.0690. The van der Waals surface area contributed by atoms with Gasteiger partial charge in [0, 0.05) is 9.13 Å². The first-order valence-electron chi connectivity index (χ1n) is 4.32. The van der Waals surface area contributed by atoms with Crippen molar-refractivity contribution in [2.75, 3.05) is 0 Å². The van der Waals surface area contributed by atoms with E-state index in [1.165, 1.54) is 18.2 Å². The highest BCUT2D eigenvalue weighted by Gasteiger charge is 2.11. The highest BCUT2D eigenvalue weighted by Crippen LogP contribution is 2.24. The van der Waals surface area contributed by atoms with Gasteiger partial charge in [0.05, 0.1) is 5.69 Å². The zero-order valence-corrected chi connectivity index (χ0v) is 10.0. The summed E-state index contributed by atoms with van der Waals surface area (Å²) < 4.78 is 13.8. The van der Waals surface area contributed by atoms with Gasteiger partial charge in [-0.1, -0.05) is 0 Å². The van der Waals surface area contributed by atoms with Gasteiger partial charge in [-0.05, 0) is 46.9 Å². The van der Waals surface area contributed by atoms with Gasteiger partial charge < -0.3 is 5.11 Å². The molecule has 2 rings (SSSR count). The smallest absolute Gasteiger partial charge is 0.353 e. The summed E-state index contributed by atoms with van der Waals surface area (Å²) in [6.07, 6.45) is 0. The van der Waals surface area contributed by atoms with Gasteiger partial charge in [0.2, 0.25) is 0 Å². The fourth-order valence-electron chi connectivity index (χ4n) is 1.26. The van der Waals surface area contributed by atoms with Crippen LogP contribution in [-0.2, 0) is 0 Å². The molecule has 2 aromatic rings. The largest absolute Gasteiger partial charge is 0.477 e. The van der Waals surface area contributed by atoms with Crippen LogP contribution in [0.2, 0.25) is 0 Å². The predicted octanol–water partition coefficient (Wildman–Crippen LogP) is 2.52. The summed E-state index contributed by atoms with van der Waals surface area (Å²) in [5, 5.41) is 14.9. The number of rotatable bonds is 2. The monoisotopic (exact) mass is 332 g/mol. The molecule has 82 valence electrons. The van der Waals surface area contributed by atoms with Gasteiger partial charge in [-0.2, -0.15) is 5.10 Å². The third kappa shape index (κ3) is 2.06. The summed E-state index contributed by atoms with van der Waals surface area (Å²) in [6, 6.07) is 5.65. The van der Waals surface area contributed by atoms with Crippen molar-refractivity contribution in [1.29, 1.82) is 0 Å². The Morgan fingerprint density at radius 1 is 1.44 bits per heavy atom. The van der Waals surface area contributed by atoms with Crippen LogP contribution in [-0.4, -0.2) is 21.3 Å². The van der Waals surface area contributed by atoms with Crippen LogP contribution in [0.5, 0.6) is 0 Å². The van der Waals surface area contributed by atoms with Crippen molar-refractivity contribution in [3.05, 3.63) is 39.3 Å². The van der Waals surface area contributed by atoms with E-state index in [1.54, 1.807) is 6.07 Å². The zero-order valence-electron chi connectivity index (χ0n) is 7.87. The highest BCUT2D eigenvalue weighted by atomic mass is 127. The number of carboxylic acids is 1. The minimum absolute atomic E-state index is 0.0185. The quantitative estimate of drug-likeness (QED) is 0.831. The Kier molecular flexibility index (Phi) is 2.90. The van der Waals surface area contributed by atoms with Crippen molar-refractivity contribution in [3.63, 3.8) is 0 Å². The number of aromatic nitrogens is 2. The fourth-order valence-corrected chi connectivity index (χ4v) is 1.87. The second kappa shape index (κ2) is 4.20. The van der Waals surface area contributed by atoms with Crippen molar-refractivity contribution >= 4 is 28.6 Å². The number of halogens is 2. The molecule has 16 heavy (non-hydrogen) atoms. The molecule has 0 spiro atoms. The molecule has 0 aliphatic carbocycles. The first-order chi connectivity index (χ1) is 7.58. The summed E-state index contributed by atoms with van der Waals surface area (Å²) in [5.74, 6) is -1.47. The maximum Gasteiger partial charge on any atom is 0.353 e. The first-order valence-corrected chi connectivity index (χ1v) is 5.40. The zero-order chi connectivity index (χ0) is 11.7. The molecule has 1 aromatic heterocycles. The molecule has 0 saturated heterocycles. The number of hydrogen-bond acceptors (Lipinski definition) is 2. The van der Waals surface area contributed by atoms with Crippen molar-refractivity contribution < 1.29 is 14.3 Å². The van der Waals surface area contributed by atoms with Gasteiger partial charge in [-0.3, -0.25) is 5.10 Å². The molecular formula is C10H6FIN2O2. The molecule has 0 atom stereocenters. The van der Waals surface area contributed by atoms with Crippen LogP contribution in [0.15, 0.2) is 24.3 Å². The normalized spacial score (nSPS) is 10.4. The fraction of sp³-hybridized carbons (Fsp3) is 0. The van der Waals surface area contributed by atoms with Crippen LogP contribution in [0.4, 0.5) is 4.39 Å². The molecule has 0 bridgehead atoms. The summed E-state index contributed by atoms with van der Waals surface area (Å²) in [4.78, 5) is 10.7. The minimum Gasteiger partial charge on any atom is -0.477 e. The molecule has 1 aromatic carbocycles. The van der Waals surface area contributed by atoms with Crippen molar-refractivity contribution in [3.8, 4) is 11.3 Å². The highest BCUT2D eigenvalue weighted by molar-refractivity contribution is 14.1. The Morgan fingerprint density at radius 3 is 2.81 bits per heavy atom. The van der Waals surface area contributed by atoms with Crippen LogP contribution in [0.1, 0.15) is 10.5 Å². The Morgan fingerprint density at radius 2 is 2.19 bits per heavy atom. The van der Waals surface area contributed by atoms with E-state index in [9.17, 15) is 9.18 Å². The Hall–Kier alpha value is -1.44. The maximum absolute atomic E-state index is 13.0. The number of benzene rings is 1. The lowest BCUT2D eigenvalue weighted by Crippen LogP contribution is -1.95. The van der Waals surface area contributed by atoms with E-state index < -0.39 is 5.97 Å². The number of aromatic carboxylic acids is 1. The minimum atomic E-state index is -1.09. The topological polar surface area (TPSA) is 66.0 Å². The number of hydrogen-bond donors (Lipinski definition) is 2.